The highest BCUT2D eigenvalue weighted by Gasteiger charge is 2.26. The second-order valence-electron chi connectivity index (χ2n) is 9.40. The highest BCUT2D eigenvalue weighted by molar-refractivity contribution is 6.40. The normalized spacial score (nSPS) is 11.1. The van der Waals surface area contributed by atoms with Gasteiger partial charge in [0.1, 0.15) is 34.0 Å². The van der Waals surface area contributed by atoms with Gasteiger partial charge < -0.3 is 19.7 Å². The predicted molar refractivity (Wildman–Crippen MR) is 161 cm³/mol. The quantitative estimate of drug-likeness (QED) is 0.151. The lowest BCUT2D eigenvalue weighted by molar-refractivity contribution is 0.0944. The molecular weight excluding hydrogens is 610 g/mol. The number of nitrogens with zero attached hydrogens (tertiary/aromatic N) is 2. The number of rotatable bonds is 12. The molecule has 0 radical (unpaired) electrons. The van der Waals surface area contributed by atoms with Crippen LogP contribution in [0.4, 0.5) is 0 Å². The Morgan fingerprint density at radius 1 is 0.634 bits per heavy atom. The molecule has 0 aliphatic carbocycles. The Labute approximate surface area is 257 Å². The molecule has 2 N–H and O–H groups in total. The van der Waals surface area contributed by atoms with Gasteiger partial charge in [-0.3, -0.25) is 9.59 Å². The molecule has 0 saturated heterocycles. The van der Waals surface area contributed by atoms with E-state index in [9.17, 15) is 9.59 Å². The van der Waals surface area contributed by atoms with Gasteiger partial charge in [-0.15, -0.1) is 0 Å². The number of benzene rings is 2. The van der Waals surface area contributed by atoms with Crippen LogP contribution in [0.1, 0.15) is 64.3 Å². The smallest absolute Gasteiger partial charge is 0.257 e. The molecule has 41 heavy (non-hydrogen) atoms. The summed E-state index contributed by atoms with van der Waals surface area (Å²) in [5.41, 5.74) is 2.21. The number of hydrogen-bond acceptors (Lipinski definition) is 6. The van der Waals surface area contributed by atoms with Crippen molar-refractivity contribution in [2.45, 2.75) is 46.0 Å². The van der Waals surface area contributed by atoms with E-state index >= 15 is 0 Å². The fourth-order valence-electron chi connectivity index (χ4n) is 4.43. The van der Waals surface area contributed by atoms with Gasteiger partial charge in [0.15, 0.2) is 0 Å². The second-order valence-corrected chi connectivity index (χ2v) is 11.0. The molecule has 2 amide bonds. The summed E-state index contributed by atoms with van der Waals surface area (Å²) in [6.45, 7) is 4.34. The van der Waals surface area contributed by atoms with Gasteiger partial charge in [-0.25, -0.2) is 0 Å². The summed E-state index contributed by atoms with van der Waals surface area (Å²) in [6, 6.07) is 10.2. The summed E-state index contributed by atoms with van der Waals surface area (Å²) in [7, 11) is 0. The largest absolute Gasteiger partial charge is 0.360 e. The topological polar surface area (TPSA) is 110 Å². The molecule has 4 aromatic rings. The highest BCUT2D eigenvalue weighted by atomic mass is 35.5. The van der Waals surface area contributed by atoms with Crippen LogP contribution in [0.25, 0.3) is 22.5 Å². The van der Waals surface area contributed by atoms with Crippen molar-refractivity contribution < 1.29 is 18.6 Å². The van der Waals surface area contributed by atoms with Gasteiger partial charge in [0.2, 0.25) is 0 Å². The molecule has 8 nitrogen and oxygen atoms in total. The number of nitrogens with one attached hydrogen (secondary N) is 2. The average molecular weight is 638 g/mol. The van der Waals surface area contributed by atoms with Crippen molar-refractivity contribution in [3.05, 3.63) is 79.1 Å². The summed E-state index contributed by atoms with van der Waals surface area (Å²) >= 11 is 25.2. The molecular formula is C29H28Cl4N4O4. The van der Waals surface area contributed by atoms with Crippen LogP contribution in [0.5, 0.6) is 0 Å². The standard InChI is InChI=1S/C29H28Cl4N4O4/c1-16-22(26(36-40-16)24-18(30)10-8-11-19(24)31)28(38)34-14-6-4-3-5-7-15-35-29(39)23-17(2)41-37-27(23)25-20(32)12-9-13-21(25)33/h8-13H,3-7,14-15H2,1-2H3,(H,34,38)(H,35,39). The maximum Gasteiger partial charge on any atom is 0.257 e. The lowest BCUT2D eigenvalue weighted by Crippen LogP contribution is -2.25. The van der Waals surface area contributed by atoms with Crippen LogP contribution in [0.3, 0.4) is 0 Å². The lowest BCUT2D eigenvalue weighted by atomic mass is 10.1. The van der Waals surface area contributed by atoms with Gasteiger partial charge in [-0.1, -0.05) is 88.1 Å². The van der Waals surface area contributed by atoms with E-state index in [4.69, 9.17) is 55.4 Å². The van der Waals surface area contributed by atoms with E-state index in [0.717, 1.165) is 32.1 Å². The first-order valence-corrected chi connectivity index (χ1v) is 14.6. The molecule has 216 valence electrons. The van der Waals surface area contributed by atoms with Gasteiger partial charge >= 0.3 is 0 Å². The molecule has 0 fully saturated rings. The number of halogens is 4. The van der Waals surface area contributed by atoms with Crippen LogP contribution < -0.4 is 10.6 Å². The highest BCUT2D eigenvalue weighted by Crippen LogP contribution is 2.38. The Bertz CT molecular complexity index is 1400. The van der Waals surface area contributed by atoms with Gasteiger partial charge in [0.25, 0.3) is 11.8 Å². The number of amides is 2. The molecule has 0 aliphatic heterocycles. The van der Waals surface area contributed by atoms with E-state index in [2.05, 4.69) is 20.9 Å². The Hall–Kier alpha value is -3.04. The maximum atomic E-state index is 12.9. The third kappa shape index (κ3) is 7.25. The van der Waals surface area contributed by atoms with Crippen LogP contribution >= 0.6 is 46.4 Å². The van der Waals surface area contributed by atoms with Crippen LogP contribution in [-0.4, -0.2) is 35.2 Å². The van der Waals surface area contributed by atoms with Crippen molar-refractivity contribution >= 4 is 58.2 Å². The monoisotopic (exact) mass is 636 g/mol. The number of unbranched alkanes of at least 4 members (excludes halogenated alkanes) is 4. The third-order valence-electron chi connectivity index (χ3n) is 6.50. The van der Waals surface area contributed by atoms with Crippen molar-refractivity contribution in [1.29, 1.82) is 0 Å². The molecule has 2 aromatic heterocycles. The molecule has 2 heterocycles. The molecule has 0 bridgehead atoms. The number of aromatic nitrogens is 2. The first-order valence-electron chi connectivity index (χ1n) is 13.1. The van der Waals surface area contributed by atoms with Crippen LogP contribution in [0.2, 0.25) is 20.1 Å². The fraction of sp³-hybridized carbons (Fsp3) is 0.310. The minimum absolute atomic E-state index is 0.293. The number of hydrogen-bond donors (Lipinski definition) is 2. The second kappa shape index (κ2) is 14.2. The van der Waals surface area contributed by atoms with Gasteiger partial charge in [-0.2, -0.15) is 0 Å². The van der Waals surface area contributed by atoms with Crippen LogP contribution in [0.15, 0.2) is 45.4 Å². The Kier molecular flexibility index (Phi) is 10.7. The summed E-state index contributed by atoms with van der Waals surface area (Å²) < 4.78 is 10.5. The van der Waals surface area contributed by atoms with Gasteiger partial charge in [0, 0.05) is 24.2 Å². The SMILES string of the molecule is Cc1onc(-c2c(Cl)cccc2Cl)c1C(=O)NCCCCCCCNC(=O)c1c(-c2c(Cl)cccc2Cl)noc1C. The molecule has 0 spiro atoms. The van der Waals surface area contributed by atoms with E-state index in [-0.39, 0.29) is 11.8 Å². The summed E-state index contributed by atoms with van der Waals surface area (Å²) in [4.78, 5) is 25.8. The van der Waals surface area contributed by atoms with Crippen molar-refractivity contribution in [3.8, 4) is 22.5 Å². The first kappa shape index (κ1) is 30.9. The number of carbonyl (C=O) groups is 2. The minimum Gasteiger partial charge on any atom is -0.360 e. The summed E-state index contributed by atoms with van der Waals surface area (Å²) in [6.07, 6.45) is 4.38. The van der Waals surface area contributed by atoms with Crippen LogP contribution in [0, 0.1) is 13.8 Å². The van der Waals surface area contributed by atoms with Crippen molar-refractivity contribution in [1.82, 2.24) is 20.9 Å². The van der Waals surface area contributed by atoms with E-state index in [1.165, 1.54) is 0 Å². The Balaban J connectivity index is 1.19. The van der Waals surface area contributed by atoms with Crippen LogP contribution in [-0.2, 0) is 0 Å². The van der Waals surface area contributed by atoms with E-state index in [1.807, 2.05) is 0 Å². The van der Waals surface area contributed by atoms with E-state index < -0.39 is 0 Å². The molecule has 0 aliphatic rings. The lowest BCUT2D eigenvalue weighted by Gasteiger charge is -2.09. The van der Waals surface area contributed by atoms with E-state index in [0.29, 0.717) is 78.3 Å². The van der Waals surface area contributed by atoms with E-state index in [1.54, 1.807) is 50.2 Å². The first-order chi connectivity index (χ1) is 19.7. The Morgan fingerprint density at radius 3 is 1.34 bits per heavy atom. The maximum absolute atomic E-state index is 12.9. The van der Waals surface area contributed by atoms with Crippen molar-refractivity contribution in [3.63, 3.8) is 0 Å². The number of aryl methyl sites for hydroxylation is 2. The molecule has 2 aromatic carbocycles. The molecule has 4 rings (SSSR count). The third-order valence-corrected chi connectivity index (χ3v) is 7.76. The minimum atomic E-state index is -0.293. The molecule has 0 unspecified atom stereocenters. The molecule has 0 saturated carbocycles. The zero-order valence-electron chi connectivity index (χ0n) is 22.5. The van der Waals surface area contributed by atoms with Crippen molar-refractivity contribution in [2.24, 2.45) is 0 Å². The average Bonchev–Trinajstić information content (AvgIpc) is 3.49. The summed E-state index contributed by atoms with van der Waals surface area (Å²) in [5, 5.41) is 15.4. The van der Waals surface area contributed by atoms with Crippen molar-refractivity contribution in [2.75, 3.05) is 13.1 Å². The summed E-state index contributed by atoms with van der Waals surface area (Å²) in [5.74, 6) is 0.191. The van der Waals surface area contributed by atoms with Gasteiger partial charge in [-0.05, 0) is 51.0 Å². The van der Waals surface area contributed by atoms with Gasteiger partial charge in [0.05, 0.1) is 20.1 Å². The molecule has 0 atom stereocenters. The zero-order chi connectivity index (χ0) is 29.5. The molecule has 12 heteroatoms. The Morgan fingerprint density at radius 2 is 0.976 bits per heavy atom. The predicted octanol–water partition coefficient (Wildman–Crippen LogP) is 8.34. The number of carbonyl (C=O) groups excluding carboxylic acids is 2. The zero-order valence-corrected chi connectivity index (χ0v) is 25.5. The fourth-order valence-corrected chi connectivity index (χ4v) is 5.58.